The van der Waals surface area contributed by atoms with Crippen LogP contribution in [0.4, 0.5) is 18.9 Å². The summed E-state index contributed by atoms with van der Waals surface area (Å²) in [6, 6.07) is 9.05. The molecule has 1 aliphatic rings. The lowest BCUT2D eigenvalue weighted by molar-refractivity contribution is -0.254. The highest BCUT2D eigenvalue weighted by atomic mass is 19.4. The van der Waals surface area contributed by atoms with Crippen molar-refractivity contribution >= 4 is 17.6 Å². The molecule has 0 saturated heterocycles. The summed E-state index contributed by atoms with van der Waals surface area (Å²) in [5, 5.41) is 12.8. The predicted octanol–water partition coefficient (Wildman–Crippen LogP) is 4.27. The summed E-state index contributed by atoms with van der Waals surface area (Å²) in [7, 11) is 1.40. The summed E-state index contributed by atoms with van der Waals surface area (Å²) < 4.78 is 52.2. The molecule has 0 fully saturated rings. The lowest BCUT2D eigenvalue weighted by atomic mass is 9.73. The minimum atomic E-state index is -5.25. The summed E-state index contributed by atoms with van der Waals surface area (Å²) >= 11 is 0. The number of aliphatic hydroxyl groups is 1. The van der Waals surface area contributed by atoms with Crippen LogP contribution in [0.25, 0.3) is 0 Å². The van der Waals surface area contributed by atoms with Crippen LogP contribution in [0.15, 0.2) is 36.4 Å². The quantitative estimate of drug-likeness (QED) is 0.641. The fourth-order valence-corrected chi connectivity index (χ4v) is 3.84. The molecule has 2 N–H and O–H groups in total. The van der Waals surface area contributed by atoms with Crippen molar-refractivity contribution in [3.05, 3.63) is 58.7 Å². The molecule has 1 amide bonds. The fourth-order valence-electron chi connectivity index (χ4n) is 3.84. The first-order chi connectivity index (χ1) is 14.8. The number of cyclic esters (lactones) is 1. The molecule has 1 heterocycles. The van der Waals surface area contributed by atoms with E-state index >= 15 is 0 Å². The van der Waals surface area contributed by atoms with E-state index in [2.05, 4.69) is 5.32 Å². The van der Waals surface area contributed by atoms with Crippen molar-refractivity contribution in [2.75, 3.05) is 12.4 Å². The van der Waals surface area contributed by atoms with E-state index in [-0.39, 0.29) is 17.9 Å². The number of methoxy groups -OCH3 is 1. The van der Waals surface area contributed by atoms with E-state index in [0.717, 1.165) is 5.56 Å². The number of carbonyl (C=O) groups excluding carboxylic acids is 2. The molecule has 0 bridgehead atoms. The number of alkyl halides is 3. The van der Waals surface area contributed by atoms with Crippen molar-refractivity contribution in [3.8, 4) is 5.75 Å². The number of anilines is 1. The molecule has 0 aliphatic carbocycles. The Morgan fingerprint density at radius 1 is 1.19 bits per heavy atom. The third-order valence-corrected chi connectivity index (χ3v) is 5.57. The molecule has 2 aromatic carbocycles. The number of benzene rings is 2. The normalized spacial score (nSPS) is 15.6. The largest absolute Gasteiger partial charge is 0.496 e. The third-order valence-electron chi connectivity index (χ3n) is 5.57. The highest BCUT2D eigenvalue weighted by molar-refractivity contribution is 5.99. The molecule has 0 aromatic heterocycles. The topological polar surface area (TPSA) is 84.9 Å². The van der Waals surface area contributed by atoms with Crippen LogP contribution in [0.5, 0.6) is 5.75 Å². The molecule has 0 radical (unpaired) electrons. The van der Waals surface area contributed by atoms with Crippen LogP contribution in [-0.2, 0) is 21.6 Å². The molecule has 0 spiro atoms. The monoisotopic (exact) mass is 451 g/mol. The van der Waals surface area contributed by atoms with E-state index in [0.29, 0.717) is 16.9 Å². The minimum absolute atomic E-state index is 0.0145. The zero-order valence-corrected chi connectivity index (χ0v) is 18.1. The maximum absolute atomic E-state index is 14.0. The van der Waals surface area contributed by atoms with Crippen LogP contribution in [0.2, 0.25) is 0 Å². The minimum Gasteiger partial charge on any atom is -0.496 e. The van der Waals surface area contributed by atoms with Crippen LogP contribution in [0, 0.1) is 6.92 Å². The molecule has 172 valence electrons. The first-order valence-electron chi connectivity index (χ1n) is 9.84. The second-order valence-corrected chi connectivity index (χ2v) is 8.52. The van der Waals surface area contributed by atoms with E-state index < -0.39 is 35.5 Å². The fraction of sp³-hybridized carbons (Fsp3) is 0.391. The average Bonchev–Trinajstić information content (AvgIpc) is 3.07. The van der Waals surface area contributed by atoms with Crippen molar-refractivity contribution < 1.29 is 37.3 Å². The molecular formula is C23H24F3NO5. The van der Waals surface area contributed by atoms with Crippen LogP contribution in [0.3, 0.4) is 0 Å². The molecule has 9 heteroatoms. The van der Waals surface area contributed by atoms with Gasteiger partial charge in [-0.25, -0.2) is 4.79 Å². The van der Waals surface area contributed by atoms with Gasteiger partial charge in [0.2, 0.25) is 5.60 Å². The Balaban J connectivity index is 1.94. The summed E-state index contributed by atoms with van der Waals surface area (Å²) in [5.74, 6) is -1.80. The average molecular weight is 451 g/mol. The Morgan fingerprint density at radius 2 is 1.88 bits per heavy atom. The lowest BCUT2D eigenvalue weighted by Crippen LogP contribution is -2.57. The van der Waals surface area contributed by atoms with E-state index in [9.17, 15) is 27.9 Å². The third kappa shape index (κ3) is 4.29. The standard InChI is InChI=1S/C23H24F3NO5/c1-13-5-8-18(31-4)17(9-13)21(2,3)12-22(30,23(24,25)26)20(29)27-15-6-7-16-14(10-15)11-32-19(16)28/h5-10,30H,11-12H2,1-4H3,(H,27,29). The molecule has 1 atom stereocenters. The molecule has 1 unspecified atom stereocenters. The van der Waals surface area contributed by atoms with Crippen molar-refractivity contribution in [1.29, 1.82) is 0 Å². The number of carbonyl (C=O) groups is 2. The number of hydrogen-bond acceptors (Lipinski definition) is 5. The Hall–Kier alpha value is -3.07. The molecule has 6 nitrogen and oxygen atoms in total. The van der Waals surface area contributed by atoms with Crippen molar-refractivity contribution in [1.82, 2.24) is 0 Å². The number of aryl methyl sites for hydroxylation is 1. The zero-order chi connectivity index (χ0) is 23.9. The molecule has 0 saturated carbocycles. The maximum Gasteiger partial charge on any atom is 0.426 e. The van der Waals surface area contributed by atoms with Crippen LogP contribution in [0.1, 0.15) is 47.3 Å². The molecule has 32 heavy (non-hydrogen) atoms. The number of amides is 1. The summed E-state index contributed by atoms with van der Waals surface area (Å²) in [5.41, 5.74) is -3.00. The number of rotatable bonds is 6. The number of ether oxygens (including phenoxy) is 2. The van der Waals surface area contributed by atoms with Gasteiger partial charge in [0.05, 0.1) is 12.7 Å². The predicted molar refractivity (Wildman–Crippen MR) is 111 cm³/mol. The Labute approximate surface area is 183 Å². The molecule has 2 aromatic rings. The number of fused-ring (bicyclic) bond motifs is 1. The lowest BCUT2D eigenvalue weighted by Gasteiger charge is -2.37. The summed E-state index contributed by atoms with van der Waals surface area (Å²) in [6.07, 6.45) is -6.19. The zero-order valence-electron chi connectivity index (χ0n) is 18.1. The van der Waals surface area contributed by atoms with Gasteiger partial charge in [-0.2, -0.15) is 13.2 Å². The van der Waals surface area contributed by atoms with E-state index in [1.165, 1.54) is 39.2 Å². The number of hydrogen-bond donors (Lipinski definition) is 2. The van der Waals surface area contributed by atoms with Gasteiger partial charge < -0.3 is 19.9 Å². The van der Waals surface area contributed by atoms with Crippen LogP contribution < -0.4 is 10.1 Å². The second-order valence-electron chi connectivity index (χ2n) is 8.52. The van der Waals surface area contributed by atoms with Crippen molar-refractivity contribution in [2.45, 2.75) is 51.0 Å². The number of esters is 1. The maximum atomic E-state index is 14.0. The van der Waals surface area contributed by atoms with E-state index in [1.807, 2.05) is 0 Å². The SMILES string of the molecule is COc1ccc(C)cc1C(C)(C)CC(O)(C(=O)Nc1ccc2c(c1)COC2=O)C(F)(F)F. The van der Waals surface area contributed by atoms with E-state index in [4.69, 9.17) is 9.47 Å². The highest BCUT2D eigenvalue weighted by Gasteiger charge is 2.61. The van der Waals surface area contributed by atoms with Gasteiger partial charge >= 0.3 is 12.1 Å². The Bertz CT molecular complexity index is 1060. The van der Waals surface area contributed by atoms with Gasteiger partial charge in [-0.3, -0.25) is 4.79 Å². The van der Waals surface area contributed by atoms with Crippen molar-refractivity contribution in [2.24, 2.45) is 0 Å². The Kier molecular flexibility index (Phi) is 5.99. The highest BCUT2D eigenvalue weighted by Crippen LogP contribution is 2.44. The Morgan fingerprint density at radius 3 is 2.50 bits per heavy atom. The van der Waals surface area contributed by atoms with Gasteiger partial charge in [0, 0.05) is 23.2 Å². The first kappa shape index (κ1) is 23.6. The summed E-state index contributed by atoms with van der Waals surface area (Å²) in [6.45, 7) is 4.75. The van der Waals surface area contributed by atoms with Gasteiger partial charge in [0.1, 0.15) is 12.4 Å². The summed E-state index contributed by atoms with van der Waals surface area (Å²) in [4.78, 5) is 24.3. The van der Waals surface area contributed by atoms with Gasteiger partial charge in [0.15, 0.2) is 0 Å². The van der Waals surface area contributed by atoms with Crippen LogP contribution >= 0.6 is 0 Å². The van der Waals surface area contributed by atoms with E-state index in [1.54, 1.807) is 25.1 Å². The van der Waals surface area contributed by atoms with Gasteiger partial charge in [-0.1, -0.05) is 31.5 Å². The second kappa shape index (κ2) is 8.12. The molecule has 1 aliphatic heterocycles. The van der Waals surface area contributed by atoms with Gasteiger partial charge in [-0.05, 0) is 36.6 Å². The number of halogens is 3. The first-order valence-corrected chi connectivity index (χ1v) is 9.84. The smallest absolute Gasteiger partial charge is 0.426 e. The van der Waals surface area contributed by atoms with Gasteiger partial charge in [-0.15, -0.1) is 0 Å². The number of nitrogens with one attached hydrogen (secondary N) is 1. The van der Waals surface area contributed by atoms with Crippen LogP contribution in [-0.4, -0.2) is 35.9 Å². The van der Waals surface area contributed by atoms with Gasteiger partial charge in [0.25, 0.3) is 5.91 Å². The molecule has 3 rings (SSSR count). The molecular weight excluding hydrogens is 427 g/mol. The van der Waals surface area contributed by atoms with Crippen molar-refractivity contribution in [3.63, 3.8) is 0 Å².